The lowest BCUT2D eigenvalue weighted by molar-refractivity contribution is -0.136. The fourth-order valence-electron chi connectivity index (χ4n) is 1.61. The summed E-state index contributed by atoms with van der Waals surface area (Å²) >= 11 is 1.86. The zero-order valence-corrected chi connectivity index (χ0v) is 9.94. The molecule has 0 aromatic heterocycles. The van der Waals surface area contributed by atoms with Crippen LogP contribution in [0.4, 0.5) is 0 Å². The van der Waals surface area contributed by atoms with E-state index in [-0.39, 0.29) is 11.8 Å². The van der Waals surface area contributed by atoms with Crippen LogP contribution in [-0.2, 0) is 9.59 Å². The highest BCUT2D eigenvalue weighted by molar-refractivity contribution is 7.98. The van der Waals surface area contributed by atoms with Crippen molar-refractivity contribution in [1.82, 2.24) is 10.2 Å². The molecule has 86 valence electrons. The van der Waals surface area contributed by atoms with Crippen LogP contribution >= 0.6 is 11.8 Å². The summed E-state index contributed by atoms with van der Waals surface area (Å²) in [6, 6.07) is 0. The minimum absolute atomic E-state index is 0.171. The molecule has 15 heavy (non-hydrogen) atoms. The van der Waals surface area contributed by atoms with Gasteiger partial charge in [0.1, 0.15) is 0 Å². The van der Waals surface area contributed by atoms with E-state index in [0.29, 0.717) is 13.1 Å². The molecule has 0 bridgehead atoms. The minimum atomic E-state index is -0.171. The Hall–Kier alpha value is -0.550. The van der Waals surface area contributed by atoms with Crippen molar-refractivity contribution in [3.63, 3.8) is 0 Å². The highest BCUT2D eigenvalue weighted by Crippen LogP contribution is 2.04. The van der Waals surface area contributed by atoms with Gasteiger partial charge in [-0.05, 0) is 31.4 Å². The normalized spacial score (nSPS) is 17.9. The monoisotopic (exact) mass is 230 g/mol. The van der Waals surface area contributed by atoms with Crippen molar-refractivity contribution in [2.45, 2.75) is 19.3 Å². The van der Waals surface area contributed by atoms with E-state index in [2.05, 4.69) is 11.6 Å². The Morgan fingerprint density at radius 2 is 1.87 bits per heavy atom. The average Bonchev–Trinajstić information content (AvgIpc) is 2.16. The maximum Gasteiger partial charge on any atom is 0.240 e. The van der Waals surface area contributed by atoms with Gasteiger partial charge in [0.05, 0.1) is 13.1 Å². The summed E-state index contributed by atoms with van der Waals surface area (Å²) in [5.74, 6) is 0.852. The van der Waals surface area contributed by atoms with E-state index in [4.69, 9.17) is 0 Å². The molecular formula is C10H18N2O2S. The lowest BCUT2D eigenvalue weighted by atomic mass is 10.2. The van der Waals surface area contributed by atoms with E-state index < -0.39 is 0 Å². The first-order chi connectivity index (χ1) is 7.22. The van der Waals surface area contributed by atoms with Crippen molar-refractivity contribution in [2.75, 3.05) is 31.6 Å². The molecule has 1 saturated heterocycles. The van der Waals surface area contributed by atoms with Gasteiger partial charge in [-0.25, -0.2) is 0 Å². The molecule has 0 radical (unpaired) electrons. The first-order valence-corrected chi connectivity index (χ1v) is 6.65. The average molecular weight is 230 g/mol. The summed E-state index contributed by atoms with van der Waals surface area (Å²) in [4.78, 5) is 24.0. The SMILES string of the molecule is CSCCCCCN1CC(=O)NC(=O)C1. The van der Waals surface area contributed by atoms with Crippen LogP contribution in [0.2, 0.25) is 0 Å². The second kappa shape index (κ2) is 6.85. The summed E-state index contributed by atoms with van der Waals surface area (Å²) < 4.78 is 0. The number of thioether (sulfide) groups is 1. The smallest absolute Gasteiger partial charge is 0.240 e. The Kier molecular flexibility index (Phi) is 5.71. The van der Waals surface area contributed by atoms with Gasteiger partial charge < -0.3 is 0 Å². The van der Waals surface area contributed by atoms with Gasteiger partial charge in [-0.3, -0.25) is 19.8 Å². The number of amides is 2. The van der Waals surface area contributed by atoms with Gasteiger partial charge in [-0.15, -0.1) is 0 Å². The van der Waals surface area contributed by atoms with Crippen molar-refractivity contribution in [2.24, 2.45) is 0 Å². The largest absolute Gasteiger partial charge is 0.294 e. The number of carbonyl (C=O) groups excluding carboxylic acids is 2. The van der Waals surface area contributed by atoms with Gasteiger partial charge in [-0.1, -0.05) is 6.42 Å². The van der Waals surface area contributed by atoms with Gasteiger partial charge >= 0.3 is 0 Å². The fourth-order valence-corrected chi connectivity index (χ4v) is 2.11. The standard InChI is InChI=1S/C10H18N2O2S/c1-15-6-4-2-3-5-12-7-9(13)11-10(14)8-12/h2-8H2,1H3,(H,11,13,14). The Morgan fingerprint density at radius 3 is 2.47 bits per heavy atom. The number of hydrogen-bond acceptors (Lipinski definition) is 4. The predicted octanol–water partition coefficient (Wildman–Crippen LogP) is 0.478. The molecule has 1 N–H and O–H groups in total. The third-order valence-electron chi connectivity index (χ3n) is 2.34. The number of carbonyl (C=O) groups is 2. The molecule has 0 atom stereocenters. The molecule has 0 spiro atoms. The third kappa shape index (κ3) is 5.18. The first-order valence-electron chi connectivity index (χ1n) is 5.26. The third-order valence-corrected chi connectivity index (χ3v) is 3.03. The van der Waals surface area contributed by atoms with E-state index in [9.17, 15) is 9.59 Å². The second-order valence-electron chi connectivity index (χ2n) is 3.74. The van der Waals surface area contributed by atoms with Crippen molar-refractivity contribution >= 4 is 23.6 Å². The van der Waals surface area contributed by atoms with Crippen LogP contribution in [0.25, 0.3) is 0 Å². The van der Waals surface area contributed by atoms with Gasteiger partial charge in [-0.2, -0.15) is 11.8 Å². The zero-order chi connectivity index (χ0) is 11.1. The number of unbranched alkanes of at least 4 members (excludes halogenated alkanes) is 2. The highest BCUT2D eigenvalue weighted by Gasteiger charge is 2.21. The Balaban J connectivity index is 2.10. The Labute approximate surface area is 94.8 Å². The molecule has 1 aliphatic rings. The summed E-state index contributed by atoms with van der Waals surface area (Å²) in [6.45, 7) is 1.59. The lowest BCUT2D eigenvalue weighted by Crippen LogP contribution is -2.51. The van der Waals surface area contributed by atoms with E-state index >= 15 is 0 Å². The quantitative estimate of drug-likeness (QED) is 0.532. The maximum absolute atomic E-state index is 11.0. The van der Waals surface area contributed by atoms with Gasteiger partial charge in [0.15, 0.2) is 0 Å². The lowest BCUT2D eigenvalue weighted by Gasteiger charge is -2.24. The molecule has 0 aromatic carbocycles. The summed E-state index contributed by atoms with van der Waals surface area (Å²) in [6.07, 6.45) is 5.57. The second-order valence-corrected chi connectivity index (χ2v) is 4.72. The van der Waals surface area contributed by atoms with Crippen LogP contribution in [0.5, 0.6) is 0 Å². The van der Waals surface area contributed by atoms with Crippen LogP contribution in [0.3, 0.4) is 0 Å². The molecule has 0 aromatic rings. The Bertz CT molecular complexity index is 217. The van der Waals surface area contributed by atoms with Crippen LogP contribution < -0.4 is 5.32 Å². The molecule has 4 nitrogen and oxygen atoms in total. The number of nitrogens with one attached hydrogen (secondary N) is 1. The molecule has 1 rings (SSSR count). The molecule has 1 heterocycles. The predicted molar refractivity (Wildman–Crippen MR) is 61.8 cm³/mol. The van der Waals surface area contributed by atoms with Crippen molar-refractivity contribution < 1.29 is 9.59 Å². The van der Waals surface area contributed by atoms with E-state index in [1.165, 1.54) is 18.6 Å². The molecular weight excluding hydrogens is 212 g/mol. The highest BCUT2D eigenvalue weighted by atomic mass is 32.2. The summed E-state index contributed by atoms with van der Waals surface area (Å²) in [5.41, 5.74) is 0. The number of piperazine rings is 1. The molecule has 1 fully saturated rings. The topological polar surface area (TPSA) is 49.4 Å². The first kappa shape index (κ1) is 12.5. The van der Waals surface area contributed by atoms with Gasteiger partial charge in [0, 0.05) is 0 Å². The van der Waals surface area contributed by atoms with Crippen LogP contribution in [0.1, 0.15) is 19.3 Å². The number of imide groups is 1. The maximum atomic E-state index is 11.0. The minimum Gasteiger partial charge on any atom is -0.294 e. The van der Waals surface area contributed by atoms with E-state index in [1.54, 1.807) is 0 Å². The van der Waals surface area contributed by atoms with Crippen molar-refractivity contribution in [3.05, 3.63) is 0 Å². The number of rotatable bonds is 6. The van der Waals surface area contributed by atoms with Crippen molar-refractivity contribution in [1.29, 1.82) is 0 Å². The molecule has 1 aliphatic heterocycles. The molecule has 0 aliphatic carbocycles. The van der Waals surface area contributed by atoms with Gasteiger partial charge in [0.2, 0.25) is 11.8 Å². The van der Waals surface area contributed by atoms with E-state index in [1.807, 2.05) is 16.7 Å². The summed E-state index contributed by atoms with van der Waals surface area (Å²) in [7, 11) is 0. The number of nitrogens with zero attached hydrogens (tertiary/aromatic N) is 1. The Morgan fingerprint density at radius 1 is 1.20 bits per heavy atom. The molecule has 0 saturated carbocycles. The van der Waals surface area contributed by atoms with Gasteiger partial charge in [0.25, 0.3) is 0 Å². The van der Waals surface area contributed by atoms with Crippen molar-refractivity contribution in [3.8, 4) is 0 Å². The van der Waals surface area contributed by atoms with Crippen LogP contribution in [0.15, 0.2) is 0 Å². The number of hydrogen-bond donors (Lipinski definition) is 1. The van der Waals surface area contributed by atoms with Crippen LogP contribution in [0, 0.1) is 0 Å². The molecule has 2 amide bonds. The fraction of sp³-hybridized carbons (Fsp3) is 0.800. The molecule has 0 unspecified atom stereocenters. The summed E-state index contributed by atoms with van der Waals surface area (Å²) in [5, 5.41) is 2.30. The van der Waals surface area contributed by atoms with Crippen LogP contribution in [-0.4, -0.2) is 48.4 Å². The van der Waals surface area contributed by atoms with E-state index in [0.717, 1.165) is 13.0 Å². The molecule has 5 heteroatoms. The zero-order valence-electron chi connectivity index (χ0n) is 9.12.